The van der Waals surface area contributed by atoms with Gasteiger partial charge in [0.15, 0.2) is 0 Å². The molecule has 26 heavy (non-hydrogen) atoms. The van der Waals surface area contributed by atoms with Crippen molar-refractivity contribution in [3.8, 4) is 5.75 Å². The maximum Gasteiger partial charge on any atom is 0.222 e. The van der Waals surface area contributed by atoms with Crippen LogP contribution in [0, 0.1) is 0 Å². The zero-order chi connectivity index (χ0) is 17.5. The van der Waals surface area contributed by atoms with Gasteiger partial charge in [0.2, 0.25) is 5.91 Å². The average molecular weight is 375 g/mol. The molecule has 1 aliphatic heterocycles. The lowest BCUT2D eigenvalue weighted by Crippen LogP contribution is -2.34. The highest BCUT2D eigenvalue weighted by Crippen LogP contribution is 2.24. The molecule has 1 fully saturated rings. The molecule has 1 heterocycles. The molecule has 4 nitrogen and oxygen atoms in total. The van der Waals surface area contributed by atoms with E-state index in [4.69, 9.17) is 4.74 Å². The number of hydrogen-bond donors (Lipinski definition) is 2. The van der Waals surface area contributed by atoms with Gasteiger partial charge in [-0.3, -0.25) is 4.79 Å². The van der Waals surface area contributed by atoms with Gasteiger partial charge in [0.25, 0.3) is 0 Å². The number of halogens is 1. The molecule has 0 aromatic heterocycles. The lowest BCUT2D eigenvalue weighted by molar-refractivity contribution is -0.122. The minimum atomic E-state index is -0.147. The van der Waals surface area contributed by atoms with Crippen LogP contribution >= 0.6 is 12.4 Å². The van der Waals surface area contributed by atoms with Crippen LogP contribution in [0.4, 0.5) is 0 Å². The number of amides is 1. The summed E-state index contributed by atoms with van der Waals surface area (Å²) in [7, 11) is 0. The third kappa shape index (κ3) is 5.48. The lowest BCUT2D eigenvalue weighted by atomic mass is 9.98. The van der Waals surface area contributed by atoms with E-state index >= 15 is 0 Å². The molecule has 1 aliphatic rings. The van der Waals surface area contributed by atoms with E-state index in [2.05, 4.69) is 22.8 Å². The van der Waals surface area contributed by atoms with E-state index in [1.807, 2.05) is 49.4 Å². The van der Waals surface area contributed by atoms with Gasteiger partial charge < -0.3 is 15.4 Å². The molecule has 0 radical (unpaired) electrons. The average Bonchev–Trinajstić information content (AvgIpc) is 3.14. The standard InChI is InChI=1S/C21H26N2O2.ClH/c1-2-25-19-12-10-17(11-13-19)21(16-7-4-3-5-8-16)23-20(24)15-18-9-6-14-22-18;/h3-5,7-8,10-13,18,21-22H,2,6,9,14-15H2,1H3,(H,23,24);1H. The van der Waals surface area contributed by atoms with Gasteiger partial charge in [-0.1, -0.05) is 42.5 Å². The summed E-state index contributed by atoms with van der Waals surface area (Å²) in [5, 5.41) is 6.59. The first-order valence-electron chi connectivity index (χ1n) is 9.06. The van der Waals surface area contributed by atoms with Gasteiger partial charge in [-0.05, 0) is 49.6 Å². The number of hydrogen-bond acceptors (Lipinski definition) is 3. The van der Waals surface area contributed by atoms with Crippen LogP contribution < -0.4 is 15.4 Å². The predicted molar refractivity (Wildman–Crippen MR) is 107 cm³/mol. The summed E-state index contributed by atoms with van der Waals surface area (Å²) in [6.07, 6.45) is 2.76. The maximum absolute atomic E-state index is 12.5. The Bertz CT molecular complexity index is 670. The van der Waals surface area contributed by atoms with Crippen molar-refractivity contribution in [2.24, 2.45) is 0 Å². The Morgan fingerprint density at radius 1 is 1.15 bits per heavy atom. The fourth-order valence-electron chi connectivity index (χ4n) is 3.30. The van der Waals surface area contributed by atoms with Crippen molar-refractivity contribution in [2.45, 2.75) is 38.3 Å². The summed E-state index contributed by atoms with van der Waals surface area (Å²) in [5.41, 5.74) is 2.14. The van der Waals surface area contributed by atoms with Crippen LogP contribution in [0.5, 0.6) is 5.75 Å². The minimum absolute atomic E-state index is 0. The van der Waals surface area contributed by atoms with Crippen molar-refractivity contribution in [3.05, 3.63) is 65.7 Å². The number of rotatable bonds is 7. The van der Waals surface area contributed by atoms with Gasteiger partial charge in [-0.2, -0.15) is 0 Å². The molecule has 3 rings (SSSR count). The molecule has 2 unspecified atom stereocenters. The van der Waals surface area contributed by atoms with Gasteiger partial charge in [0.05, 0.1) is 12.6 Å². The number of benzene rings is 2. The normalized spacial score (nSPS) is 17.2. The topological polar surface area (TPSA) is 50.4 Å². The molecular formula is C21H27ClN2O2. The Kier molecular flexibility index (Phi) is 7.95. The number of carbonyl (C=O) groups is 1. The van der Waals surface area contributed by atoms with Gasteiger partial charge in [0, 0.05) is 12.5 Å². The Hall–Kier alpha value is -2.04. The largest absolute Gasteiger partial charge is 0.494 e. The summed E-state index contributed by atoms with van der Waals surface area (Å²) in [6, 6.07) is 18.2. The zero-order valence-electron chi connectivity index (χ0n) is 15.1. The number of nitrogens with one attached hydrogen (secondary N) is 2. The molecule has 1 saturated heterocycles. The molecule has 0 aliphatic carbocycles. The van der Waals surface area contributed by atoms with Crippen LogP contribution in [0.3, 0.4) is 0 Å². The van der Waals surface area contributed by atoms with E-state index in [0.717, 1.165) is 36.3 Å². The maximum atomic E-state index is 12.5. The smallest absolute Gasteiger partial charge is 0.222 e. The number of ether oxygens (including phenoxy) is 1. The van der Waals surface area contributed by atoms with E-state index < -0.39 is 0 Å². The fourth-order valence-corrected chi connectivity index (χ4v) is 3.30. The van der Waals surface area contributed by atoms with Crippen LogP contribution in [-0.4, -0.2) is 25.1 Å². The van der Waals surface area contributed by atoms with Crippen molar-refractivity contribution < 1.29 is 9.53 Å². The first-order chi connectivity index (χ1) is 12.3. The van der Waals surface area contributed by atoms with Gasteiger partial charge in [-0.25, -0.2) is 0 Å². The van der Waals surface area contributed by atoms with Crippen molar-refractivity contribution in [2.75, 3.05) is 13.2 Å². The van der Waals surface area contributed by atoms with Crippen LogP contribution in [0.2, 0.25) is 0 Å². The predicted octanol–water partition coefficient (Wildman–Crippen LogP) is 3.85. The summed E-state index contributed by atoms with van der Waals surface area (Å²) < 4.78 is 5.52. The summed E-state index contributed by atoms with van der Waals surface area (Å²) in [4.78, 5) is 12.5. The van der Waals surface area contributed by atoms with Gasteiger partial charge in [0.1, 0.15) is 5.75 Å². The zero-order valence-corrected chi connectivity index (χ0v) is 15.9. The Labute approximate surface area is 161 Å². The Morgan fingerprint density at radius 2 is 1.85 bits per heavy atom. The second-order valence-corrected chi connectivity index (χ2v) is 6.41. The molecule has 2 aromatic rings. The second kappa shape index (κ2) is 10.2. The second-order valence-electron chi connectivity index (χ2n) is 6.41. The highest BCUT2D eigenvalue weighted by Gasteiger charge is 2.21. The van der Waals surface area contributed by atoms with Crippen molar-refractivity contribution in [1.29, 1.82) is 0 Å². The SMILES string of the molecule is CCOc1ccc(C(NC(=O)CC2CCCN2)c2ccccc2)cc1.Cl. The summed E-state index contributed by atoms with van der Waals surface area (Å²) in [5.74, 6) is 0.932. The molecule has 2 N–H and O–H groups in total. The van der Waals surface area contributed by atoms with Crippen molar-refractivity contribution >= 4 is 18.3 Å². The fraction of sp³-hybridized carbons (Fsp3) is 0.381. The summed E-state index contributed by atoms with van der Waals surface area (Å²) >= 11 is 0. The van der Waals surface area contributed by atoms with E-state index in [1.165, 1.54) is 0 Å². The van der Waals surface area contributed by atoms with Crippen LogP contribution in [0.15, 0.2) is 54.6 Å². The molecule has 0 spiro atoms. The number of carbonyl (C=O) groups excluding carboxylic acids is 1. The molecule has 0 saturated carbocycles. The highest BCUT2D eigenvalue weighted by molar-refractivity contribution is 5.85. The Morgan fingerprint density at radius 3 is 2.46 bits per heavy atom. The molecule has 0 bridgehead atoms. The molecule has 140 valence electrons. The Balaban J connectivity index is 0.00000243. The van der Waals surface area contributed by atoms with Gasteiger partial charge in [-0.15, -0.1) is 12.4 Å². The molecular weight excluding hydrogens is 348 g/mol. The van der Waals surface area contributed by atoms with Gasteiger partial charge >= 0.3 is 0 Å². The van der Waals surface area contributed by atoms with Crippen molar-refractivity contribution in [1.82, 2.24) is 10.6 Å². The highest BCUT2D eigenvalue weighted by atomic mass is 35.5. The quantitative estimate of drug-likeness (QED) is 0.773. The van der Waals surface area contributed by atoms with E-state index in [0.29, 0.717) is 19.1 Å². The first-order valence-corrected chi connectivity index (χ1v) is 9.06. The lowest BCUT2D eigenvalue weighted by Gasteiger charge is -2.21. The third-order valence-electron chi connectivity index (χ3n) is 4.56. The van der Waals surface area contributed by atoms with Crippen LogP contribution in [0.1, 0.15) is 43.4 Å². The van der Waals surface area contributed by atoms with E-state index in [-0.39, 0.29) is 24.4 Å². The van der Waals surface area contributed by atoms with Crippen LogP contribution in [0.25, 0.3) is 0 Å². The summed E-state index contributed by atoms with van der Waals surface area (Å²) in [6.45, 7) is 3.63. The first kappa shape index (κ1) is 20.3. The third-order valence-corrected chi connectivity index (χ3v) is 4.56. The molecule has 5 heteroatoms. The van der Waals surface area contributed by atoms with E-state index in [9.17, 15) is 4.79 Å². The monoisotopic (exact) mass is 374 g/mol. The molecule has 1 amide bonds. The molecule has 2 aromatic carbocycles. The van der Waals surface area contributed by atoms with E-state index in [1.54, 1.807) is 0 Å². The minimum Gasteiger partial charge on any atom is -0.494 e. The molecule has 2 atom stereocenters. The van der Waals surface area contributed by atoms with Crippen LogP contribution in [-0.2, 0) is 4.79 Å². The van der Waals surface area contributed by atoms with Crippen molar-refractivity contribution in [3.63, 3.8) is 0 Å².